The van der Waals surface area contributed by atoms with Crippen LogP contribution in [0.3, 0.4) is 0 Å². The van der Waals surface area contributed by atoms with E-state index >= 15 is 0 Å². The Bertz CT molecular complexity index is 916. The van der Waals surface area contributed by atoms with Crippen LogP contribution in [0, 0.1) is 0 Å². The van der Waals surface area contributed by atoms with Crippen molar-refractivity contribution in [3.63, 3.8) is 0 Å². The summed E-state index contributed by atoms with van der Waals surface area (Å²) in [5, 5.41) is 6.70. The van der Waals surface area contributed by atoms with Crippen molar-refractivity contribution in [3.8, 4) is 17.2 Å². The van der Waals surface area contributed by atoms with Gasteiger partial charge in [-0.25, -0.2) is 0 Å². The monoisotopic (exact) mass is 546 g/mol. The standard InChI is InChI=1S/C21H24F2N4O3.HI/c1-24-21(25-11-14-6-7-18-19(10-14)29-13-28-18)26-15-8-9-27(12-15)16-4-2-3-5-17(16)30-20(22)23;/h2-7,10,15,20H,8-9,11-13H2,1H3,(H2,24,25,26);1H. The summed E-state index contributed by atoms with van der Waals surface area (Å²) in [6.45, 7) is -0.618. The molecule has 0 radical (unpaired) electrons. The molecule has 0 amide bonds. The van der Waals surface area contributed by atoms with Gasteiger partial charge in [0.1, 0.15) is 5.75 Å². The Kier molecular flexibility index (Phi) is 7.99. The van der Waals surface area contributed by atoms with Gasteiger partial charge in [0.2, 0.25) is 6.79 Å². The largest absolute Gasteiger partial charge is 0.454 e. The van der Waals surface area contributed by atoms with Crippen LogP contribution in [0.4, 0.5) is 14.5 Å². The van der Waals surface area contributed by atoms with Gasteiger partial charge >= 0.3 is 6.61 Å². The summed E-state index contributed by atoms with van der Waals surface area (Å²) in [4.78, 5) is 6.33. The van der Waals surface area contributed by atoms with Crippen LogP contribution in [0.15, 0.2) is 47.5 Å². The van der Waals surface area contributed by atoms with E-state index in [-0.39, 0.29) is 42.6 Å². The summed E-state index contributed by atoms with van der Waals surface area (Å²) in [6, 6.07) is 12.8. The Hall–Kier alpha value is -2.50. The van der Waals surface area contributed by atoms with Gasteiger partial charge in [-0.05, 0) is 36.2 Å². The second-order valence-corrected chi connectivity index (χ2v) is 7.04. The van der Waals surface area contributed by atoms with Crippen molar-refractivity contribution in [2.24, 2.45) is 4.99 Å². The lowest BCUT2D eigenvalue weighted by molar-refractivity contribution is -0.0495. The smallest absolute Gasteiger partial charge is 0.387 e. The van der Waals surface area contributed by atoms with Crippen LogP contribution in [0.1, 0.15) is 12.0 Å². The fourth-order valence-corrected chi connectivity index (χ4v) is 3.64. The Morgan fingerprint density at radius 2 is 2.03 bits per heavy atom. The van der Waals surface area contributed by atoms with E-state index in [2.05, 4.69) is 20.4 Å². The zero-order chi connectivity index (χ0) is 20.9. The molecule has 0 aliphatic carbocycles. The number of anilines is 1. The molecule has 2 aliphatic rings. The van der Waals surface area contributed by atoms with Crippen LogP contribution < -0.4 is 29.7 Å². The average molecular weight is 546 g/mol. The van der Waals surface area contributed by atoms with Gasteiger partial charge in [0.15, 0.2) is 17.5 Å². The van der Waals surface area contributed by atoms with E-state index in [0.29, 0.717) is 24.7 Å². The summed E-state index contributed by atoms with van der Waals surface area (Å²) in [6.07, 6.45) is 0.855. The van der Waals surface area contributed by atoms with Gasteiger partial charge in [-0.15, -0.1) is 24.0 Å². The summed E-state index contributed by atoms with van der Waals surface area (Å²) in [7, 11) is 1.72. The molecule has 2 aliphatic heterocycles. The normalized spacial score (nSPS) is 17.5. The molecule has 0 bridgehead atoms. The number of fused-ring (bicyclic) bond motifs is 1. The molecule has 2 aromatic carbocycles. The molecule has 0 aromatic heterocycles. The van der Waals surface area contributed by atoms with E-state index in [0.717, 1.165) is 30.0 Å². The first-order valence-electron chi connectivity index (χ1n) is 9.77. The summed E-state index contributed by atoms with van der Waals surface area (Å²) < 4.78 is 40.8. The van der Waals surface area contributed by atoms with Crippen molar-refractivity contribution in [3.05, 3.63) is 48.0 Å². The number of aliphatic imine (C=N–C) groups is 1. The van der Waals surface area contributed by atoms with Crippen molar-refractivity contribution in [1.29, 1.82) is 0 Å². The third-order valence-electron chi connectivity index (χ3n) is 5.07. The third kappa shape index (κ3) is 5.81. The highest BCUT2D eigenvalue weighted by atomic mass is 127. The summed E-state index contributed by atoms with van der Waals surface area (Å²) in [5.74, 6) is 2.37. The van der Waals surface area contributed by atoms with E-state index in [1.807, 2.05) is 29.2 Å². The SMILES string of the molecule is CN=C(NCc1ccc2c(c1)OCO2)NC1CCN(c2ccccc2OC(F)F)C1.I. The molecule has 1 saturated heterocycles. The van der Waals surface area contributed by atoms with Crippen molar-refractivity contribution in [2.75, 3.05) is 31.8 Å². The van der Waals surface area contributed by atoms with Crippen molar-refractivity contribution >= 4 is 35.6 Å². The van der Waals surface area contributed by atoms with Gasteiger partial charge in [-0.1, -0.05) is 18.2 Å². The molecule has 168 valence electrons. The highest BCUT2D eigenvalue weighted by Crippen LogP contribution is 2.33. The Morgan fingerprint density at radius 3 is 2.84 bits per heavy atom. The van der Waals surface area contributed by atoms with E-state index in [1.165, 1.54) is 0 Å². The van der Waals surface area contributed by atoms with Crippen molar-refractivity contribution in [1.82, 2.24) is 10.6 Å². The molecule has 0 saturated carbocycles. The molecule has 7 nitrogen and oxygen atoms in total. The number of nitrogens with zero attached hydrogens (tertiary/aromatic N) is 2. The number of ether oxygens (including phenoxy) is 3. The predicted molar refractivity (Wildman–Crippen MR) is 125 cm³/mol. The maximum absolute atomic E-state index is 12.7. The molecule has 4 rings (SSSR count). The number of hydrogen-bond donors (Lipinski definition) is 2. The third-order valence-corrected chi connectivity index (χ3v) is 5.07. The van der Waals surface area contributed by atoms with E-state index in [9.17, 15) is 8.78 Å². The second-order valence-electron chi connectivity index (χ2n) is 7.04. The molecule has 2 aromatic rings. The fraction of sp³-hybridized carbons (Fsp3) is 0.381. The van der Waals surface area contributed by atoms with Gasteiger partial charge in [0.05, 0.1) is 5.69 Å². The number of benzene rings is 2. The molecule has 0 spiro atoms. The number of halogens is 3. The lowest BCUT2D eigenvalue weighted by atomic mass is 10.2. The molecule has 1 unspecified atom stereocenters. The lowest BCUT2D eigenvalue weighted by Gasteiger charge is -2.22. The highest BCUT2D eigenvalue weighted by molar-refractivity contribution is 14.0. The van der Waals surface area contributed by atoms with Gasteiger partial charge in [-0.2, -0.15) is 8.78 Å². The van der Waals surface area contributed by atoms with Gasteiger partial charge in [0, 0.05) is 32.7 Å². The molecule has 31 heavy (non-hydrogen) atoms. The molecule has 2 N–H and O–H groups in total. The second kappa shape index (κ2) is 10.7. The molecule has 1 fully saturated rings. The lowest BCUT2D eigenvalue weighted by Crippen LogP contribution is -2.44. The molecular weight excluding hydrogens is 521 g/mol. The van der Waals surface area contributed by atoms with Crippen LogP contribution >= 0.6 is 24.0 Å². The number of alkyl halides is 2. The topological polar surface area (TPSA) is 67.4 Å². The fourth-order valence-electron chi connectivity index (χ4n) is 3.64. The van der Waals surface area contributed by atoms with Crippen LogP contribution in [-0.4, -0.2) is 45.5 Å². The number of hydrogen-bond acceptors (Lipinski definition) is 5. The van der Waals surface area contributed by atoms with E-state index in [1.54, 1.807) is 25.2 Å². The molecule has 1 atom stereocenters. The molecule has 2 heterocycles. The zero-order valence-electron chi connectivity index (χ0n) is 17.0. The number of nitrogens with one attached hydrogen (secondary N) is 2. The Balaban J connectivity index is 0.00000272. The first kappa shape index (κ1) is 23.2. The number of guanidine groups is 1. The van der Waals surface area contributed by atoms with Crippen LogP contribution in [0.2, 0.25) is 0 Å². The maximum atomic E-state index is 12.7. The Labute approximate surface area is 196 Å². The van der Waals surface area contributed by atoms with E-state index < -0.39 is 6.61 Å². The van der Waals surface area contributed by atoms with E-state index in [4.69, 9.17) is 9.47 Å². The number of rotatable bonds is 6. The summed E-state index contributed by atoms with van der Waals surface area (Å²) in [5.41, 5.74) is 1.72. The maximum Gasteiger partial charge on any atom is 0.387 e. The summed E-state index contributed by atoms with van der Waals surface area (Å²) >= 11 is 0. The minimum Gasteiger partial charge on any atom is -0.454 e. The predicted octanol–water partition coefficient (Wildman–Crippen LogP) is 3.58. The first-order valence-corrected chi connectivity index (χ1v) is 9.77. The Morgan fingerprint density at radius 1 is 1.23 bits per heavy atom. The van der Waals surface area contributed by atoms with Gasteiger partial charge < -0.3 is 29.7 Å². The molecular formula is C21H25F2IN4O3. The van der Waals surface area contributed by atoms with Gasteiger partial charge in [0.25, 0.3) is 0 Å². The van der Waals surface area contributed by atoms with Gasteiger partial charge in [-0.3, -0.25) is 4.99 Å². The highest BCUT2D eigenvalue weighted by Gasteiger charge is 2.26. The van der Waals surface area contributed by atoms with Crippen LogP contribution in [-0.2, 0) is 6.54 Å². The minimum atomic E-state index is -2.85. The first-order chi connectivity index (χ1) is 14.6. The van der Waals surface area contributed by atoms with Crippen LogP contribution in [0.25, 0.3) is 0 Å². The minimum absolute atomic E-state index is 0. The van der Waals surface area contributed by atoms with Crippen molar-refractivity contribution < 1.29 is 23.0 Å². The number of para-hydroxylation sites is 2. The quantitative estimate of drug-likeness (QED) is 0.328. The van der Waals surface area contributed by atoms with Crippen molar-refractivity contribution in [2.45, 2.75) is 25.6 Å². The average Bonchev–Trinajstić information content (AvgIpc) is 3.40. The van der Waals surface area contributed by atoms with Crippen LogP contribution in [0.5, 0.6) is 17.2 Å². The molecule has 10 heteroatoms. The zero-order valence-corrected chi connectivity index (χ0v) is 19.3.